The van der Waals surface area contributed by atoms with Gasteiger partial charge in [-0.2, -0.15) is 0 Å². The lowest BCUT2D eigenvalue weighted by Gasteiger charge is -2.41. The molecule has 1 aromatic rings. The standard InChI is InChI=1S/C20H30N2O3/c1-20(7-13-25-14-8-20)16-21-9-11-22(12-10-21)19(23)15-17-3-5-18(24-2)6-4-17/h3-6H,7-16H2,1-2H3. The quantitative estimate of drug-likeness (QED) is 0.820. The fourth-order valence-corrected chi connectivity index (χ4v) is 3.75. The van der Waals surface area contributed by atoms with Crippen molar-refractivity contribution in [3.8, 4) is 5.75 Å². The molecule has 0 saturated carbocycles. The molecule has 138 valence electrons. The van der Waals surface area contributed by atoms with E-state index < -0.39 is 0 Å². The normalized spacial score (nSPS) is 21.1. The molecule has 0 spiro atoms. The Bertz CT molecular complexity index is 559. The zero-order valence-corrected chi connectivity index (χ0v) is 15.5. The van der Waals surface area contributed by atoms with Crippen LogP contribution in [0.5, 0.6) is 5.75 Å². The molecule has 2 aliphatic rings. The number of hydrogen-bond donors (Lipinski definition) is 0. The van der Waals surface area contributed by atoms with Gasteiger partial charge in [0.15, 0.2) is 0 Å². The Morgan fingerprint density at radius 1 is 1.12 bits per heavy atom. The van der Waals surface area contributed by atoms with Gasteiger partial charge in [-0.25, -0.2) is 0 Å². The Kier molecular flexibility index (Phi) is 5.97. The maximum Gasteiger partial charge on any atom is 0.227 e. The topological polar surface area (TPSA) is 42.0 Å². The summed E-state index contributed by atoms with van der Waals surface area (Å²) in [6.45, 7) is 8.89. The minimum Gasteiger partial charge on any atom is -0.497 e. The lowest BCUT2D eigenvalue weighted by atomic mass is 9.82. The van der Waals surface area contributed by atoms with Gasteiger partial charge in [0.25, 0.3) is 0 Å². The Morgan fingerprint density at radius 2 is 1.76 bits per heavy atom. The summed E-state index contributed by atoms with van der Waals surface area (Å²) in [6.07, 6.45) is 2.76. The fourth-order valence-electron chi connectivity index (χ4n) is 3.75. The molecule has 0 N–H and O–H groups in total. The molecule has 3 rings (SSSR count). The van der Waals surface area contributed by atoms with Gasteiger partial charge in [-0.15, -0.1) is 0 Å². The van der Waals surface area contributed by atoms with Gasteiger partial charge in [0.1, 0.15) is 5.75 Å². The van der Waals surface area contributed by atoms with Crippen LogP contribution in [-0.2, 0) is 16.0 Å². The van der Waals surface area contributed by atoms with Crippen molar-refractivity contribution in [3.63, 3.8) is 0 Å². The molecule has 5 heteroatoms. The minimum absolute atomic E-state index is 0.224. The van der Waals surface area contributed by atoms with Crippen molar-refractivity contribution in [1.82, 2.24) is 9.80 Å². The van der Waals surface area contributed by atoms with E-state index in [0.717, 1.165) is 70.1 Å². The predicted molar refractivity (Wildman–Crippen MR) is 97.9 cm³/mol. The lowest BCUT2D eigenvalue weighted by molar-refractivity contribution is -0.132. The Labute approximate surface area is 150 Å². The number of carbonyl (C=O) groups excluding carboxylic acids is 1. The first-order valence-corrected chi connectivity index (χ1v) is 9.29. The summed E-state index contributed by atoms with van der Waals surface area (Å²) >= 11 is 0. The van der Waals surface area contributed by atoms with Crippen molar-refractivity contribution < 1.29 is 14.3 Å². The van der Waals surface area contributed by atoms with E-state index in [-0.39, 0.29) is 5.91 Å². The van der Waals surface area contributed by atoms with Crippen molar-refractivity contribution >= 4 is 5.91 Å². The molecule has 0 aliphatic carbocycles. The van der Waals surface area contributed by atoms with E-state index in [1.807, 2.05) is 29.2 Å². The van der Waals surface area contributed by atoms with Gasteiger partial charge in [-0.05, 0) is 36.0 Å². The van der Waals surface area contributed by atoms with Crippen LogP contribution in [0.3, 0.4) is 0 Å². The maximum absolute atomic E-state index is 12.5. The van der Waals surface area contributed by atoms with Crippen LogP contribution in [0.25, 0.3) is 0 Å². The van der Waals surface area contributed by atoms with E-state index in [4.69, 9.17) is 9.47 Å². The van der Waals surface area contributed by atoms with Crippen LogP contribution in [-0.4, -0.2) is 68.8 Å². The molecule has 0 bridgehead atoms. The second-order valence-electron chi connectivity index (χ2n) is 7.60. The van der Waals surface area contributed by atoms with Crippen LogP contribution >= 0.6 is 0 Å². The summed E-state index contributed by atoms with van der Waals surface area (Å²) in [7, 11) is 1.65. The summed E-state index contributed by atoms with van der Waals surface area (Å²) in [6, 6.07) is 7.77. The van der Waals surface area contributed by atoms with Crippen molar-refractivity contribution in [2.24, 2.45) is 5.41 Å². The number of benzene rings is 1. The molecule has 0 aromatic heterocycles. The van der Waals surface area contributed by atoms with Gasteiger partial charge in [-0.3, -0.25) is 9.69 Å². The van der Waals surface area contributed by atoms with Crippen LogP contribution in [0.15, 0.2) is 24.3 Å². The van der Waals surface area contributed by atoms with E-state index >= 15 is 0 Å². The number of amides is 1. The average molecular weight is 346 g/mol. The number of piperazine rings is 1. The van der Waals surface area contributed by atoms with Crippen LogP contribution in [0.1, 0.15) is 25.3 Å². The fraction of sp³-hybridized carbons (Fsp3) is 0.650. The van der Waals surface area contributed by atoms with Crippen molar-refractivity contribution in [2.75, 3.05) is 53.0 Å². The monoisotopic (exact) mass is 346 g/mol. The highest BCUT2D eigenvalue weighted by molar-refractivity contribution is 5.78. The maximum atomic E-state index is 12.5. The second kappa shape index (κ2) is 8.19. The first-order chi connectivity index (χ1) is 12.1. The van der Waals surface area contributed by atoms with E-state index in [0.29, 0.717) is 11.8 Å². The number of methoxy groups -OCH3 is 1. The molecule has 2 aliphatic heterocycles. The molecule has 2 heterocycles. The number of rotatable bonds is 5. The summed E-state index contributed by atoms with van der Waals surface area (Å²) < 4.78 is 10.7. The summed E-state index contributed by atoms with van der Waals surface area (Å²) in [5, 5.41) is 0. The SMILES string of the molecule is COc1ccc(CC(=O)N2CCN(CC3(C)CCOCC3)CC2)cc1. The summed E-state index contributed by atoms with van der Waals surface area (Å²) in [4.78, 5) is 17.1. The van der Waals surface area contributed by atoms with Gasteiger partial charge in [-0.1, -0.05) is 19.1 Å². The van der Waals surface area contributed by atoms with Crippen LogP contribution in [0, 0.1) is 5.41 Å². The third kappa shape index (κ3) is 4.95. The molecule has 1 aromatic carbocycles. The van der Waals surface area contributed by atoms with Crippen LogP contribution < -0.4 is 4.74 Å². The summed E-state index contributed by atoms with van der Waals surface area (Å²) in [5.41, 5.74) is 1.41. The highest BCUT2D eigenvalue weighted by Crippen LogP contribution is 2.31. The highest BCUT2D eigenvalue weighted by Gasteiger charge is 2.31. The zero-order chi connectivity index (χ0) is 17.7. The molecule has 1 amide bonds. The molecule has 2 saturated heterocycles. The molecule has 25 heavy (non-hydrogen) atoms. The Morgan fingerprint density at radius 3 is 2.36 bits per heavy atom. The highest BCUT2D eigenvalue weighted by atomic mass is 16.5. The van der Waals surface area contributed by atoms with Crippen molar-refractivity contribution in [2.45, 2.75) is 26.2 Å². The smallest absolute Gasteiger partial charge is 0.227 e. The first kappa shape index (κ1) is 18.2. The molecule has 0 radical (unpaired) electrons. The number of hydrogen-bond acceptors (Lipinski definition) is 4. The van der Waals surface area contributed by atoms with E-state index in [2.05, 4.69) is 11.8 Å². The summed E-state index contributed by atoms with van der Waals surface area (Å²) in [5.74, 6) is 1.05. The number of nitrogens with zero attached hydrogens (tertiary/aromatic N) is 2. The van der Waals surface area contributed by atoms with Gasteiger partial charge < -0.3 is 14.4 Å². The first-order valence-electron chi connectivity index (χ1n) is 9.29. The number of ether oxygens (including phenoxy) is 2. The van der Waals surface area contributed by atoms with E-state index in [1.165, 1.54) is 0 Å². The van der Waals surface area contributed by atoms with Crippen LogP contribution in [0.4, 0.5) is 0 Å². The van der Waals surface area contributed by atoms with E-state index in [9.17, 15) is 4.79 Å². The molecule has 0 unspecified atom stereocenters. The lowest BCUT2D eigenvalue weighted by Crippen LogP contribution is -2.52. The van der Waals surface area contributed by atoms with Gasteiger partial charge in [0.05, 0.1) is 13.5 Å². The van der Waals surface area contributed by atoms with Gasteiger partial charge in [0, 0.05) is 45.9 Å². The molecule has 5 nitrogen and oxygen atoms in total. The molecular formula is C20H30N2O3. The van der Waals surface area contributed by atoms with Crippen molar-refractivity contribution in [1.29, 1.82) is 0 Å². The third-order valence-corrected chi connectivity index (χ3v) is 5.54. The molecule has 2 fully saturated rings. The Hall–Kier alpha value is -1.59. The van der Waals surface area contributed by atoms with E-state index in [1.54, 1.807) is 7.11 Å². The zero-order valence-electron chi connectivity index (χ0n) is 15.5. The largest absolute Gasteiger partial charge is 0.497 e. The van der Waals surface area contributed by atoms with Gasteiger partial charge >= 0.3 is 0 Å². The second-order valence-corrected chi connectivity index (χ2v) is 7.60. The Balaban J connectivity index is 1.45. The average Bonchev–Trinajstić information content (AvgIpc) is 2.63. The van der Waals surface area contributed by atoms with Crippen molar-refractivity contribution in [3.05, 3.63) is 29.8 Å². The minimum atomic E-state index is 0.224. The molecular weight excluding hydrogens is 316 g/mol. The molecule has 0 atom stereocenters. The van der Waals surface area contributed by atoms with Crippen LogP contribution in [0.2, 0.25) is 0 Å². The number of carbonyl (C=O) groups is 1. The third-order valence-electron chi connectivity index (χ3n) is 5.54. The predicted octanol–water partition coefficient (Wildman–Crippen LogP) is 2.20. The van der Waals surface area contributed by atoms with Gasteiger partial charge in [0.2, 0.25) is 5.91 Å².